The monoisotopic (exact) mass is 171 g/mol. The molecule has 0 saturated heterocycles. The molecule has 1 fully saturated rings. The predicted molar refractivity (Wildman–Crippen MR) is 51.1 cm³/mol. The third kappa shape index (κ3) is 2.20. The van der Waals surface area contributed by atoms with E-state index in [1.165, 1.54) is 19.3 Å². The van der Waals surface area contributed by atoms with Gasteiger partial charge in [-0.05, 0) is 24.7 Å². The quantitative estimate of drug-likeness (QED) is 0.670. The van der Waals surface area contributed by atoms with Crippen LogP contribution in [0.5, 0.6) is 0 Å². The highest BCUT2D eigenvalue weighted by Gasteiger charge is 2.30. The van der Waals surface area contributed by atoms with Gasteiger partial charge < -0.3 is 10.4 Å². The molecule has 0 aromatic rings. The highest BCUT2D eigenvalue weighted by Crippen LogP contribution is 2.33. The van der Waals surface area contributed by atoms with Gasteiger partial charge in [-0.3, -0.25) is 0 Å². The van der Waals surface area contributed by atoms with E-state index in [0.29, 0.717) is 6.04 Å². The summed E-state index contributed by atoms with van der Waals surface area (Å²) in [6, 6.07) is 0.655. The van der Waals surface area contributed by atoms with Gasteiger partial charge in [0.25, 0.3) is 0 Å². The lowest BCUT2D eigenvalue weighted by atomic mass is 9.93. The maximum Gasteiger partial charge on any atom is 0.0556 e. The molecule has 72 valence electrons. The van der Waals surface area contributed by atoms with E-state index in [1.54, 1.807) is 0 Å². The van der Waals surface area contributed by atoms with Crippen LogP contribution < -0.4 is 5.32 Å². The van der Waals surface area contributed by atoms with Gasteiger partial charge in [0.2, 0.25) is 0 Å². The highest BCUT2D eigenvalue weighted by molar-refractivity contribution is 4.85. The normalized spacial score (nSPS) is 35.8. The number of hydrogen-bond donors (Lipinski definition) is 2. The molecule has 3 unspecified atom stereocenters. The predicted octanol–water partition coefficient (Wildman–Crippen LogP) is 1.39. The lowest BCUT2D eigenvalue weighted by Crippen LogP contribution is -2.34. The van der Waals surface area contributed by atoms with Crippen molar-refractivity contribution in [1.82, 2.24) is 5.32 Å². The molecule has 0 aliphatic heterocycles. The van der Waals surface area contributed by atoms with Crippen molar-refractivity contribution in [2.45, 2.75) is 39.2 Å². The van der Waals surface area contributed by atoms with Crippen LogP contribution in [0.15, 0.2) is 0 Å². The summed E-state index contributed by atoms with van der Waals surface area (Å²) >= 11 is 0. The van der Waals surface area contributed by atoms with Gasteiger partial charge in [0, 0.05) is 12.6 Å². The largest absolute Gasteiger partial charge is 0.395 e. The molecule has 1 aliphatic rings. The molecule has 0 bridgehead atoms. The van der Waals surface area contributed by atoms with Crippen LogP contribution in [-0.2, 0) is 0 Å². The Balaban J connectivity index is 2.28. The van der Waals surface area contributed by atoms with Crippen molar-refractivity contribution in [3.63, 3.8) is 0 Å². The molecular weight excluding hydrogens is 150 g/mol. The van der Waals surface area contributed by atoms with Gasteiger partial charge in [0.05, 0.1) is 6.61 Å². The molecular formula is C10H21NO. The topological polar surface area (TPSA) is 32.3 Å². The zero-order valence-electron chi connectivity index (χ0n) is 8.21. The second-order valence-electron chi connectivity index (χ2n) is 3.89. The van der Waals surface area contributed by atoms with Gasteiger partial charge in [-0.25, -0.2) is 0 Å². The fraction of sp³-hybridized carbons (Fsp3) is 1.00. The van der Waals surface area contributed by atoms with Crippen molar-refractivity contribution in [3.8, 4) is 0 Å². The number of nitrogens with one attached hydrogen (secondary N) is 1. The summed E-state index contributed by atoms with van der Waals surface area (Å²) in [5, 5.41) is 12.1. The smallest absolute Gasteiger partial charge is 0.0556 e. The van der Waals surface area contributed by atoms with E-state index in [0.717, 1.165) is 18.4 Å². The Bertz CT molecular complexity index is 127. The van der Waals surface area contributed by atoms with Gasteiger partial charge in [0.15, 0.2) is 0 Å². The number of hydrogen-bond acceptors (Lipinski definition) is 2. The molecule has 0 aromatic carbocycles. The molecule has 0 spiro atoms. The Hall–Kier alpha value is -0.0800. The fourth-order valence-electron chi connectivity index (χ4n) is 2.36. The highest BCUT2D eigenvalue weighted by atomic mass is 16.3. The Morgan fingerprint density at radius 3 is 2.67 bits per heavy atom. The van der Waals surface area contributed by atoms with Crippen LogP contribution in [0.4, 0.5) is 0 Å². The summed E-state index contributed by atoms with van der Waals surface area (Å²) < 4.78 is 0. The van der Waals surface area contributed by atoms with Crippen LogP contribution in [0.2, 0.25) is 0 Å². The maximum atomic E-state index is 8.67. The van der Waals surface area contributed by atoms with Crippen LogP contribution in [0.3, 0.4) is 0 Å². The van der Waals surface area contributed by atoms with E-state index < -0.39 is 0 Å². The van der Waals surface area contributed by atoms with E-state index in [-0.39, 0.29) is 6.61 Å². The van der Waals surface area contributed by atoms with E-state index in [4.69, 9.17) is 5.11 Å². The Morgan fingerprint density at radius 1 is 1.42 bits per heavy atom. The first-order valence-electron chi connectivity index (χ1n) is 5.13. The van der Waals surface area contributed by atoms with Gasteiger partial charge in [0.1, 0.15) is 0 Å². The lowest BCUT2D eigenvalue weighted by Gasteiger charge is -2.20. The van der Waals surface area contributed by atoms with E-state index in [2.05, 4.69) is 19.2 Å². The molecule has 0 amide bonds. The Morgan fingerprint density at radius 2 is 2.17 bits per heavy atom. The molecule has 0 heterocycles. The van der Waals surface area contributed by atoms with Crippen molar-refractivity contribution in [2.24, 2.45) is 11.8 Å². The van der Waals surface area contributed by atoms with Crippen molar-refractivity contribution < 1.29 is 5.11 Å². The maximum absolute atomic E-state index is 8.67. The SMILES string of the molecule is CCC1CCC(NCCO)C1C. The fourth-order valence-corrected chi connectivity index (χ4v) is 2.36. The zero-order chi connectivity index (χ0) is 8.97. The third-order valence-corrected chi connectivity index (χ3v) is 3.27. The summed E-state index contributed by atoms with van der Waals surface area (Å²) in [6.07, 6.45) is 3.96. The van der Waals surface area contributed by atoms with Crippen molar-refractivity contribution >= 4 is 0 Å². The Labute approximate surface area is 75.4 Å². The number of aliphatic hydroxyl groups is 1. The molecule has 1 saturated carbocycles. The summed E-state index contributed by atoms with van der Waals surface area (Å²) in [6.45, 7) is 5.62. The van der Waals surface area contributed by atoms with Crippen LogP contribution in [0.1, 0.15) is 33.1 Å². The molecule has 0 aromatic heterocycles. The van der Waals surface area contributed by atoms with Crippen LogP contribution >= 0.6 is 0 Å². The zero-order valence-corrected chi connectivity index (χ0v) is 8.21. The summed E-state index contributed by atoms with van der Waals surface area (Å²) in [5.74, 6) is 1.70. The van der Waals surface area contributed by atoms with E-state index >= 15 is 0 Å². The first kappa shape index (κ1) is 10.0. The van der Waals surface area contributed by atoms with Crippen molar-refractivity contribution in [2.75, 3.05) is 13.2 Å². The standard InChI is InChI=1S/C10H21NO/c1-3-9-4-5-10(8(9)2)11-6-7-12/h8-12H,3-7H2,1-2H3. The van der Waals surface area contributed by atoms with Crippen LogP contribution in [0, 0.1) is 11.8 Å². The minimum atomic E-state index is 0.264. The van der Waals surface area contributed by atoms with E-state index in [9.17, 15) is 0 Å². The minimum absolute atomic E-state index is 0.264. The molecule has 0 radical (unpaired) electrons. The van der Waals surface area contributed by atoms with Gasteiger partial charge in [-0.15, -0.1) is 0 Å². The van der Waals surface area contributed by atoms with Crippen LogP contribution in [-0.4, -0.2) is 24.3 Å². The molecule has 1 rings (SSSR count). The molecule has 12 heavy (non-hydrogen) atoms. The van der Waals surface area contributed by atoms with Crippen molar-refractivity contribution in [3.05, 3.63) is 0 Å². The molecule has 2 N–H and O–H groups in total. The molecule has 2 nitrogen and oxygen atoms in total. The van der Waals surface area contributed by atoms with E-state index in [1.807, 2.05) is 0 Å². The third-order valence-electron chi connectivity index (χ3n) is 3.27. The lowest BCUT2D eigenvalue weighted by molar-refractivity contribution is 0.269. The van der Waals surface area contributed by atoms with Crippen LogP contribution in [0.25, 0.3) is 0 Å². The van der Waals surface area contributed by atoms with Crippen molar-refractivity contribution in [1.29, 1.82) is 0 Å². The second kappa shape index (κ2) is 4.83. The number of aliphatic hydroxyl groups excluding tert-OH is 1. The summed E-state index contributed by atoms with van der Waals surface area (Å²) in [7, 11) is 0. The Kier molecular flexibility index (Phi) is 4.02. The molecule has 2 heteroatoms. The van der Waals surface area contributed by atoms with Gasteiger partial charge in [-0.2, -0.15) is 0 Å². The minimum Gasteiger partial charge on any atom is -0.395 e. The average molecular weight is 171 g/mol. The first-order chi connectivity index (χ1) is 5.79. The van der Waals surface area contributed by atoms with Gasteiger partial charge >= 0.3 is 0 Å². The van der Waals surface area contributed by atoms with Gasteiger partial charge in [-0.1, -0.05) is 20.3 Å². The average Bonchev–Trinajstić information content (AvgIpc) is 2.43. The first-order valence-corrected chi connectivity index (χ1v) is 5.13. The second-order valence-corrected chi connectivity index (χ2v) is 3.89. The number of rotatable bonds is 4. The molecule has 1 aliphatic carbocycles. The molecule has 3 atom stereocenters. The summed E-state index contributed by atoms with van der Waals surface area (Å²) in [4.78, 5) is 0. The summed E-state index contributed by atoms with van der Waals surface area (Å²) in [5.41, 5.74) is 0.